The van der Waals surface area contributed by atoms with Crippen LogP contribution in [0.5, 0.6) is 0 Å². The van der Waals surface area contributed by atoms with Crippen LogP contribution in [0.2, 0.25) is 0 Å². The van der Waals surface area contributed by atoms with E-state index in [0.717, 1.165) is 0 Å². The predicted octanol–water partition coefficient (Wildman–Crippen LogP) is 0.0910. The Labute approximate surface area is 51.8 Å². The van der Waals surface area contributed by atoms with Gasteiger partial charge in [0.15, 0.2) is 9.84 Å². The highest BCUT2D eigenvalue weighted by molar-refractivity contribution is 7.91. The minimum absolute atomic E-state index is 0.645. The van der Waals surface area contributed by atoms with Gasteiger partial charge in [0.25, 0.3) is 0 Å². The lowest BCUT2D eigenvalue weighted by molar-refractivity contribution is 0.217. The van der Waals surface area contributed by atoms with Gasteiger partial charge in [-0.05, 0) is 0 Å². The van der Waals surface area contributed by atoms with Gasteiger partial charge in [0.2, 0.25) is 0 Å². The van der Waals surface area contributed by atoms with Crippen LogP contribution in [0.4, 0.5) is 8.78 Å². The van der Waals surface area contributed by atoms with Crippen molar-refractivity contribution in [1.82, 2.24) is 0 Å². The van der Waals surface area contributed by atoms with Crippen LogP contribution in [-0.4, -0.2) is 32.3 Å². The first-order chi connectivity index (χ1) is 4.01. The smallest absolute Gasteiger partial charge is 0.156 e. The van der Waals surface area contributed by atoms with E-state index in [0.29, 0.717) is 0 Å². The summed E-state index contributed by atoms with van der Waals surface area (Å²) in [6, 6.07) is 0. The Hall–Kier alpha value is -0.190. The Morgan fingerprint density at radius 2 is 1.44 bits per heavy atom. The third kappa shape index (κ3) is 1.38. The highest BCUT2D eigenvalue weighted by atomic mass is 32.2. The lowest BCUT2D eigenvalue weighted by atomic mass is 10.3. The van der Waals surface area contributed by atoms with Crippen molar-refractivity contribution in [3.8, 4) is 0 Å². The Balaban J connectivity index is 2.77. The molecule has 2 nitrogen and oxygen atoms in total. The van der Waals surface area contributed by atoms with Gasteiger partial charge in [-0.2, -0.15) is 0 Å². The second-order valence-corrected chi connectivity index (χ2v) is 4.26. The zero-order valence-electron chi connectivity index (χ0n) is 4.55. The first-order valence-electron chi connectivity index (χ1n) is 2.50. The first-order valence-corrected chi connectivity index (χ1v) is 4.32. The molecule has 0 spiro atoms. The molecule has 2 atom stereocenters. The van der Waals surface area contributed by atoms with Gasteiger partial charge in [-0.25, -0.2) is 17.2 Å². The first kappa shape index (κ1) is 6.92. The van der Waals surface area contributed by atoms with Crippen molar-refractivity contribution in [2.24, 2.45) is 0 Å². The molecule has 0 aromatic carbocycles. The molecular formula is C4H6F2O2S. The van der Waals surface area contributed by atoms with Crippen molar-refractivity contribution in [3.05, 3.63) is 0 Å². The fourth-order valence-corrected chi connectivity index (χ4v) is 2.29. The lowest BCUT2D eigenvalue weighted by Crippen LogP contribution is -2.12. The summed E-state index contributed by atoms with van der Waals surface area (Å²) in [6.45, 7) is 0. The molecule has 0 N–H and O–H groups in total. The molecule has 0 aromatic rings. The summed E-state index contributed by atoms with van der Waals surface area (Å²) in [6.07, 6.45) is -3.59. The number of hydrogen-bond acceptors (Lipinski definition) is 2. The highest BCUT2D eigenvalue weighted by Gasteiger charge is 2.37. The maximum Gasteiger partial charge on any atom is 0.156 e. The topological polar surface area (TPSA) is 34.1 Å². The van der Waals surface area contributed by atoms with E-state index < -0.39 is 33.7 Å². The van der Waals surface area contributed by atoms with Crippen LogP contribution in [0.15, 0.2) is 0 Å². The van der Waals surface area contributed by atoms with Crippen LogP contribution >= 0.6 is 0 Å². The van der Waals surface area contributed by atoms with Gasteiger partial charge in [0.1, 0.15) is 12.3 Å². The predicted molar refractivity (Wildman–Crippen MR) is 28.4 cm³/mol. The van der Waals surface area contributed by atoms with Gasteiger partial charge in [0, 0.05) is 0 Å². The molecule has 1 rings (SSSR count). The molecule has 1 heterocycles. The second-order valence-electron chi connectivity index (χ2n) is 2.11. The fraction of sp³-hybridized carbons (Fsp3) is 1.00. The third-order valence-corrected chi connectivity index (χ3v) is 2.87. The monoisotopic (exact) mass is 156 g/mol. The van der Waals surface area contributed by atoms with E-state index in [1.165, 1.54) is 0 Å². The van der Waals surface area contributed by atoms with Crippen LogP contribution in [0.25, 0.3) is 0 Å². The van der Waals surface area contributed by atoms with Gasteiger partial charge in [-0.1, -0.05) is 0 Å². The summed E-state index contributed by atoms with van der Waals surface area (Å²) in [5.41, 5.74) is 0. The molecule has 5 heteroatoms. The molecule has 1 fully saturated rings. The molecule has 0 aliphatic carbocycles. The number of rotatable bonds is 0. The molecule has 54 valence electrons. The number of sulfone groups is 1. The molecule has 1 aliphatic rings. The van der Waals surface area contributed by atoms with E-state index in [1.807, 2.05) is 0 Å². The van der Waals surface area contributed by atoms with Crippen LogP contribution in [-0.2, 0) is 9.84 Å². The molecule has 9 heavy (non-hydrogen) atoms. The number of hydrogen-bond donors (Lipinski definition) is 0. The van der Waals surface area contributed by atoms with Crippen LogP contribution < -0.4 is 0 Å². The molecule has 1 aliphatic heterocycles. The lowest BCUT2D eigenvalue weighted by Gasteiger charge is -1.94. The summed E-state index contributed by atoms with van der Waals surface area (Å²) < 4.78 is 44.9. The maximum absolute atomic E-state index is 12.1. The maximum atomic E-state index is 12.1. The molecule has 0 saturated carbocycles. The SMILES string of the molecule is O=S1(=O)CC(F)C(F)C1. The summed E-state index contributed by atoms with van der Waals surface area (Å²) >= 11 is 0. The van der Waals surface area contributed by atoms with E-state index in [1.54, 1.807) is 0 Å². The van der Waals surface area contributed by atoms with Crippen molar-refractivity contribution in [3.63, 3.8) is 0 Å². The summed E-state index contributed by atoms with van der Waals surface area (Å²) in [4.78, 5) is 0. The number of alkyl halides is 2. The Morgan fingerprint density at radius 3 is 1.56 bits per heavy atom. The zero-order valence-corrected chi connectivity index (χ0v) is 5.37. The average molecular weight is 156 g/mol. The van der Waals surface area contributed by atoms with Crippen LogP contribution in [0.3, 0.4) is 0 Å². The molecule has 0 aromatic heterocycles. The standard InChI is InChI=1S/C4H6F2O2S/c5-3-1-9(7,8)2-4(3)6/h3-4H,1-2H2. The minimum Gasteiger partial charge on any atom is -0.243 e. The van der Waals surface area contributed by atoms with E-state index in [-0.39, 0.29) is 0 Å². The second kappa shape index (κ2) is 1.90. The number of halogens is 2. The highest BCUT2D eigenvalue weighted by Crippen LogP contribution is 2.17. The summed E-state index contributed by atoms with van der Waals surface area (Å²) in [5.74, 6) is -1.29. The van der Waals surface area contributed by atoms with Crippen molar-refractivity contribution in [2.75, 3.05) is 11.5 Å². The Bertz CT molecular complexity index is 183. The van der Waals surface area contributed by atoms with Gasteiger partial charge < -0.3 is 0 Å². The minimum atomic E-state index is -3.39. The normalized spacial score (nSPS) is 41.1. The van der Waals surface area contributed by atoms with E-state index in [4.69, 9.17) is 0 Å². The zero-order chi connectivity index (χ0) is 7.07. The van der Waals surface area contributed by atoms with E-state index >= 15 is 0 Å². The molecule has 0 bridgehead atoms. The van der Waals surface area contributed by atoms with Crippen LogP contribution in [0, 0.1) is 0 Å². The molecule has 1 saturated heterocycles. The molecule has 2 unspecified atom stereocenters. The van der Waals surface area contributed by atoms with Crippen molar-refractivity contribution in [1.29, 1.82) is 0 Å². The van der Waals surface area contributed by atoms with Crippen molar-refractivity contribution in [2.45, 2.75) is 12.3 Å². The quantitative estimate of drug-likeness (QED) is 0.498. The van der Waals surface area contributed by atoms with Crippen LogP contribution in [0.1, 0.15) is 0 Å². The molecule has 0 radical (unpaired) electrons. The molecular weight excluding hydrogens is 150 g/mol. The van der Waals surface area contributed by atoms with Crippen molar-refractivity contribution >= 4 is 9.84 Å². The molecule has 0 amide bonds. The van der Waals surface area contributed by atoms with E-state index in [9.17, 15) is 17.2 Å². The Kier molecular flexibility index (Phi) is 1.46. The van der Waals surface area contributed by atoms with E-state index in [2.05, 4.69) is 0 Å². The largest absolute Gasteiger partial charge is 0.243 e. The Morgan fingerprint density at radius 1 is 1.11 bits per heavy atom. The summed E-state index contributed by atoms with van der Waals surface area (Å²) in [5, 5.41) is 0. The fourth-order valence-electron chi connectivity index (χ4n) is 0.762. The van der Waals surface area contributed by atoms with Gasteiger partial charge >= 0.3 is 0 Å². The van der Waals surface area contributed by atoms with Gasteiger partial charge in [-0.3, -0.25) is 0 Å². The summed E-state index contributed by atoms with van der Waals surface area (Å²) in [7, 11) is -3.39. The third-order valence-electron chi connectivity index (χ3n) is 1.22. The van der Waals surface area contributed by atoms with Gasteiger partial charge in [-0.15, -0.1) is 0 Å². The average Bonchev–Trinajstić information content (AvgIpc) is 1.79. The van der Waals surface area contributed by atoms with Gasteiger partial charge in [0.05, 0.1) is 11.5 Å². The van der Waals surface area contributed by atoms with Crippen molar-refractivity contribution < 1.29 is 17.2 Å².